The van der Waals surface area contributed by atoms with Gasteiger partial charge in [-0.2, -0.15) is 0 Å². The van der Waals surface area contributed by atoms with E-state index in [0.29, 0.717) is 18.4 Å². The van der Waals surface area contributed by atoms with Crippen molar-refractivity contribution in [2.75, 3.05) is 55.5 Å². The van der Waals surface area contributed by atoms with Crippen LogP contribution >= 0.6 is 11.3 Å². The second kappa shape index (κ2) is 9.99. The predicted molar refractivity (Wildman–Crippen MR) is 142 cm³/mol. The van der Waals surface area contributed by atoms with Crippen LogP contribution in [0.1, 0.15) is 26.7 Å². The van der Waals surface area contributed by atoms with Gasteiger partial charge < -0.3 is 24.8 Å². The van der Waals surface area contributed by atoms with Gasteiger partial charge in [-0.05, 0) is 70.6 Å². The molecule has 1 saturated heterocycles. The first-order valence-electron chi connectivity index (χ1n) is 12.2. The van der Waals surface area contributed by atoms with E-state index in [9.17, 15) is 4.39 Å². The largest absolute Gasteiger partial charge is 0.486 e. The van der Waals surface area contributed by atoms with Gasteiger partial charge in [0, 0.05) is 31.4 Å². The van der Waals surface area contributed by atoms with Crippen molar-refractivity contribution in [1.82, 2.24) is 14.9 Å². The Labute approximate surface area is 210 Å². The lowest BCUT2D eigenvalue weighted by molar-refractivity contribution is 0.249. The minimum absolute atomic E-state index is 0.263. The highest BCUT2D eigenvalue weighted by molar-refractivity contribution is 7.18. The Bertz CT molecular complexity index is 1160. The molecule has 1 N–H and O–H groups in total. The number of halogens is 1. The van der Waals surface area contributed by atoms with E-state index in [4.69, 9.17) is 4.74 Å². The third-order valence-electron chi connectivity index (χ3n) is 6.87. The monoisotopic (exact) mass is 496 g/mol. The van der Waals surface area contributed by atoms with E-state index in [2.05, 4.69) is 64.0 Å². The van der Waals surface area contributed by atoms with Gasteiger partial charge in [-0.3, -0.25) is 0 Å². The number of piperidine rings is 1. The molecule has 2 aliphatic rings. The second-order valence-corrected chi connectivity index (χ2v) is 10.7. The van der Waals surface area contributed by atoms with E-state index in [1.54, 1.807) is 6.20 Å². The Balaban J connectivity index is 1.28. The normalized spacial score (nSPS) is 16.5. The van der Waals surface area contributed by atoms with Gasteiger partial charge in [0.25, 0.3) is 0 Å². The number of nitrogens with zero attached hydrogens (tertiary/aromatic N) is 5. The maximum absolute atomic E-state index is 14.9. The highest BCUT2D eigenvalue weighted by atomic mass is 32.1. The molecular weight excluding hydrogens is 463 g/mol. The van der Waals surface area contributed by atoms with Crippen molar-refractivity contribution in [1.29, 1.82) is 0 Å². The van der Waals surface area contributed by atoms with Crippen LogP contribution in [0.4, 0.5) is 26.7 Å². The van der Waals surface area contributed by atoms with Crippen LogP contribution in [0.5, 0.6) is 5.75 Å². The number of ether oxygens (including phenoxy) is 1. The molecule has 0 saturated carbocycles. The first-order chi connectivity index (χ1) is 16.9. The zero-order valence-corrected chi connectivity index (χ0v) is 21.6. The predicted octanol–water partition coefficient (Wildman–Crippen LogP) is 5.23. The third-order valence-corrected chi connectivity index (χ3v) is 7.83. The van der Waals surface area contributed by atoms with Crippen molar-refractivity contribution in [2.45, 2.75) is 38.8 Å². The molecule has 9 heteroatoms. The van der Waals surface area contributed by atoms with Crippen molar-refractivity contribution in [3.8, 4) is 16.2 Å². The van der Waals surface area contributed by atoms with Gasteiger partial charge in [-0.15, -0.1) is 0 Å². The van der Waals surface area contributed by atoms with Crippen LogP contribution in [0.2, 0.25) is 0 Å². The van der Waals surface area contributed by atoms with Gasteiger partial charge in [0.05, 0.1) is 29.0 Å². The zero-order chi connectivity index (χ0) is 24.5. The van der Waals surface area contributed by atoms with E-state index in [1.807, 2.05) is 18.3 Å². The highest BCUT2D eigenvalue weighted by Crippen LogP contribution is 2.41. The maximum Gasteiger partial charge on any atom is 0.188 e. The standard InChI is InChI=1S/C26H33FN6OS/c1-17(2)33-11-12-34-25-21(27)13-18(14-22(25)33)23-16-29-26(35-23)30-24-6-5-20(15-28-24)32-9-7-19(8-10-32)31(3)4/h5-6,13-17,19H,7-12H2,1-4H3,(H,28,29,30). The summed E-state index contributed by atoms with van der Waals surface area (Å²) in [6.07, 6.45) is 6.03. The van der Waals surface area contributed by atoms with Crippen LogP contribution in [-0.4, -0.2) is 67.3 Å². The Morgan fingerprint density at radius 3 is 2.60 bits per heavy atom. The average molecular weight is 497 g/mol. The van der Waals surface area contributed by atoms with Crippen LogP contribution in [-0.2, 0) is 0 Å². The van der Waals surface area contributed by atoms with E-state index >= 15 is 0 Å². The number of thiazole rings is 1. The van der Waals surface area contributed by atoms with Crippen molar-refractivity contribution >= 4 is 33.7 Å². The number of nitrogens with one attached hydrogen (secondary N) is 1. The van der Waals surface area contributed by atoms with Crippen LogP contribution < -0.4 is 19.9 Å². The lowest BCUT2D eigenvalue weighted by Gasteiger charge is -2.36. The molecule has 1 fully saturated rings. The molecule has 0 amide bonds. The Hall–Kier alpha value is -2.91. The van der Waals surface area contributed by atoms with E-state index in [0.717, 1.165) is 52.4 Å². The summed E-state index contributed by atoms with van der Waals surface area (Å²) in [5, 5.41) is 4.02. The van der Waals surface area contributed by atoms with Crippen LogP contribution in [0.25, 0.3) is 10.4 Å². The Kier molecular flexibility index (Phi) is 6.80. The van der Waals surface area contributed by atoms with E-state index in [-0.39, 0.29) is 11.9 Å². The Morgan fingerprint density at radius 2 is 1.91 bits per heavy atom. The fraction of sp³-hybridized carbons (Fsp3) is 0.462. The van der Waals surface area contributed by atoms with Gasteiger partial charge in [0.15, 0.2) is 16.7 Å². The van der Waals surface area contributed by atoms with E-state index in [1.165, 1.54) is 30.2 Å². The quantitative estimate of drug-likeness (QED) is 0.502. The molecular formula is C26H33FN6OS. The summed E-state index contributed by atoms with van der Waals surface area (Å²) < 4.78 is 20.5. The lowest BCUT2D eigenvalue weighted by Crippen LogP contribution is -2.42. The topological polar surface area (TPSA) is 56.8 Å². The SMILES string of the molecule is CC(C)N1CCOc2c(F)cc(-c3cnc(Nc4ccc(N5CCC(N(C)C)CC5)cn4)s3)cc21. The van der Waals surface area contributed by atoms with Crippen LogP contribution in [0, 0.1) is 5.82 Å². The summed E-state index contributed by atoms with van der Waals surface area (Å²) in [5.74, 6) is 0.748. The van der Waals surface area contributed by atoms with Crippen LogP contribution in [0.15, 0.2) is 36.7 Å². The lowest BCUT2D eigenvalue weighted by atomic mass is 10.0. The smallest absolute Gasteiger partial charge is 0.188 e. The number of rotatable bonds is 6. The third kappa shape index (κ3) is 5.06. The van der Waals surface area contributed by atoms with Gasteiger partial charge in [-0.25, -0.2) is 14.4 Å². The molecule has 1 aromatic carbocycles. The molecule has 0 aliphatic carbocycles. The number of fused-ring (bicyclic) bond motifs is 1. The highest BCUT2D eigenvalue weighted by Gasteiger charge is 2.25. The molecule has 5 rings (SSSR count). The molecule has 2 aromatic heterocycles. The maximum atomic E-state index is 14.9. The van der Waals surface area contributed by atoms with Crippen molar-refractivity contribution in [2.24, 2.45) is 0 Å². The summed E-state index contributed by atoms with van der Waals surface area (Å²) in [7, 11) is 4.31. The summed E-state index contributed by atoms with van der Waals surface area (Å²) in [6, 6.07) is 8.56. The van der Waals surface area contributed by atoms with Crippen molar-refractivity contribution in [3.05, 3.63) is 42.5 Å². The van der Waals surface area contributed by atoms with Gasteiger partial charge >= 0.3 is 0 Å². The Morgan fingerprint density at radius 1 is 1.11 bits per heavy atom. The van der Waals surface area contributed by atoms with Crippen molar-refractivity contribution < 1.29 is 9.13 Å². The number of pyridine rings is 1. The molecule has 0 spiro atoms. The molecule has 35 heavy (non-hydrogen) atoms. The fourth-order valence-electron chi connectivity index (χ4n) is 4.84. The number of hydrogen-bond donors (Lipinski definition) is 1. The fourth-order valence-corrected chi connectivity index (χ4v) is 5.65. The summed E-state index contributed by atoms with van der Waals surface area (Å²) in [5.41, 5.74) is 2.75. The number of benzene rings is 1. The molecule has 0 unspecified atom stereocenters. The first kappa shape index (κ1) is 23.8. The zero-order valence-electron chi connectivity index (χ0n) is 20.8. The second-order valence-electron chi connectivity index (χ2n) is 9.68. The molecule has 186 valence electrons. The van der Waals surface area contributed by atoms with Crippen LogP contribution in [0.3, 0.4) is 0 Å². The number of anilines is 4. The summed E-state index contributed by atoms with van der Waals surface area (Å²) >= 11 is 1.48. The van der Waals surface area contributed by atoms with Gasteiger partial charge in [0.2, 0.25) is 0 Å². The van der Waals surface area contributed by atoms with Crippen molar-refractivity contribution in [3.63, 3.8) is 0 Å². The summed E-state index contributed by atoms with van der Waals surface area (Å²) in [4.78, 5) is 16.9. The molecule has 7 nitrogen and oxygen atoms in total. The molecule has 0 bridgehead atoms. The average Bonchev–Trinajstić information content (AvgIpc) is 3.32. The van der Waals surface area contributed by atoms with E-state index < -0.39 is 0 Å². The minimum Gasteiger partial charge on any atom is -0.486 e. The minimum atomic E-state index is -0.336. The number of aromatic nitrogens is 2. The summed E-state index contributed by atoms with van der Waals surface area (Å²) in [6.45, 7) is 7.55. The molecule has 0 atom stereocenters. The van der Waals surface area contributed by atoms with Gasteiger partial charge in [0.1, 0.15) is 12.4 Å². The molecule has 4 heterocycles. The molecule has 2 aliphatic heterocycles. The molecule has 0 radical (unpaired) electrons. The number of hydrogen-bond acceptors (Lipinski definition) is 8. The first-order valence-corrected chi connectivity index (χ1v) is 13.0. The molecule has 3 aromatic rings. The van der Waals surface area contributed by atoms with Gasteiger partial charge in [-0.1, -0.05) is 11.3 Å².